The Balaban J connectivity index is 0.00000218. The fourth-order valence-electron chi connectivity index (χ4n) is 3.64. The maximum atomic E-state index is 12.5. The van der Waals surface area contributed by atoms with E-state index in [1.54, 1.807) is 12.1 Å². The molecule has 5 rings (SSSR count). The second-order valence-electron chi connectivity index (χ2n) is 7.69. The quantitative estimate of drug-likeness (QED) is 0.552. The average Bonchev–Trinajstić information content (AvgIpc) is 3.09. The van der Waals surface area contributed by atoms with Crippen LogP contribution in [0.15, 0.2) is 24.3 Å². The number of fused-ring (bicyclic) bond motifs is 2. The van der Waals surface area contributed by atoms with Crippen molar-refractivity contribution in [3.63, 3.8) is 0 Å². The number of nitrogens with zero attached hydrogens (tertiary/aromatic N) is 2. The van der Waals surface area contributed by atoms with Gasteiger partial charge in [0, 0.05) is 40.3 Å². The lowest BCUT2D eigenvalue weighted by molar-refractivity contribution is 0.0924. The van der Waals surface area contributed by atoms with Gasteiger partial charge in [-0.3, -0.25) is 9.59 Å². The van der Waals surface area contributed by atoms with E-state index in [4.69, 9.17) is 11.6 Å². The second-order valence-corrected chi connectivity index (χ2v) is 9.21. The molecule has 1 saturated carbocycles. The van der Waals surface area contributed by atoms with Crippen molar-refractivity contribution in [3.05, 3.63) is 50.6 Å². The molecular weight excluding hydrogens is 445 g/mol. The molecule has 2 aromatic heterocycles. The van der Waals surface area contributed by atoms with Gasteiger partial charge < -0.3 is 20.5 Å². The van der Waals surface area contributed by atoms with Crippen LogP contribution >= 0.6 is 35.3 Å². The SMILES string of the molecule is CN1CCc2nc(C(=O)N[C@@H]3C[C@@H]3NC(=O)c3cc4cc(Cl)ccc4[nH]3)sc2C1.Cl. The summed E-state index contributed by atoms with van der Waals surface area (Å²) in [6, 6.07) is 7.10. The van der Waals surface area contributed by atoms with Gasteiger partial charge in [0.05, 0.1) is 17.8 Å². The zero-order valence-electron chi connectivity index (χ0n) is 16.2. The third-order valence-electron chi connectivity index (χ3n) is 5.37. The van der Waals surface area contributed by atoms with E-state index in [0.29, 0.717) is 15.7 Å². The summed E-state index contributed by atoms with van der Waals surface area (Å²) >= 11 is 7.46. The van der Waals surface area contributed by atoms with Crippen LogP contribution in [0.2, 0.25) is 5.02 Å². The summed E-state index contributed by atoms with van der Waals surface area (Å²) in [7, 11) is 2.07. The topological polar surface area (TPSA) is 90.1 Å². The van der Waals surface area contributed by atoms with Crippen molar-refractivity contribution in [1.29, 1.82) is 0 Å². The van der Waals surface area contributed by atoms with Gasteiger partial charge in [0.2, 0.25) is 0 Å². The molecule has 0 bridgehead atoms. The first-order valence-electron chi connectivity index (χ1n) is 9.53. The lowest BCUT2D eigenvalue weighted by Gasteiger charge is -2.20. The molecule has 1 fully saturated rings. The number of hydrogen-bond acceptors (Lipinski definition) is 5. The number of aromatic nitrogens is 2. The van der Waals surface area contributed by atoms with Gasteiger partial charge in [-0.2, -0.15) is 0 Å². The van der Waals surface area contributed by atoms with Crippen LogP contribution in [0.5, 0.6) is 0 Å². The summed E-state index contributed by atoms with van der Waals surface area (Å²) < 4.78 is 0. The molecule has 1 aromatic carbocycles. The first-order valence-corrected chi connectivity index (χ1v) is 10.7. The highest BCUT2D eigenvalue weighted by atomic mass is 35.5. The number of carbonyl (C=O) groups excluding carboxylic acids is 2. The van der Waals surface area contributed by atoms with Gasteiger partial charge in [0.25, 0.3) is 11.8 Å². The number of thiazole rings is 1. The smallest absolute Gasteiger partial charge is 0.280 e. The average molecular weight is 466 g/mol. The summed E-state index contributed by atoms with van der Waals surface area (Å²) in [6.07, 6.45) is 1.60. The van der Waals surface area contributed by atoms with E-state index in [0.717, 1.165) is 42.5 Å². The van der Waals surface area contributed by atoms with Crippen LogP contribution in [0.4, 0.5) is 0 Å². The van der Waals surface area contributed by atoms with Crippen molar-refractivity contribution in [2.45, 2.75) is 31.5 Å². The van der Waals surface area contributed by atoms with Crippen molar-refractivity contribution in [1.82, 2.24) is 25.5 Å². The van der Waals surface area contributed by atoms with E-state index in [1.807, 2.05) is 12.1 Å². The van der Waals surface area contributed by atoms with Crippen LogP contribution in [-0.4, -0.2) is 52.4 Å². The lowest BCUT2D eigenvalue weighted by Crippen LogP contribution is -2.34. The highest BCUT2D eigenvalue weighted by molar-refractivity contribution is 7.13. The second kappa shape index (κ2) is 8.19. The number of benzene rings is 1. The molecule has 7 nitrogen and oxygen atoms in total. The number of carbonyl (C=O) groups is 2. The monoisotopic (exact) mass is 465 g/mol. The Hall–Kier alpha value is -2.13. The van der Waals surface area contributed by atoms with E-state index in [-0.39, 0.29) is 36.3 Å². The first-order chi connectivity index (χ1) is 14.0. The molecule has 0 radical (unpaired) electrons. The van der Waals surface area contributed by atoms with Gasteiger partial charge in [-0.25, -0.2) is 4.98 Å². The van der Waals surface area contributed by atoms with E-state index >= 15 is 0 Å². The molecular formula is C20H21Cl2N5O2S. The summed E-state index contributed by atoms with van der Waals surface area (Å²) in [5, 5.41) is 7.98. The van der Waals surface area contributed by atoms with E-state index in [9.17, 15) is 9.59 Å². The number of nitrogens with one attached hydrogen (secondary N) is 3. The summed E-state index contributed by atoms with van der Waals surface area (Å²) in [4.78, 5) is 36.1. The van der Waals surface area contributed by atoms with Gasteiger partial charge >= 0.3 is 0 Å². The molecule has 30 heavy (non-hydrogen) atoms. The molecule has 3 aromatic rings. The fraction of sp³-hybridized carbons (Fsp3) is 0.350. The Kier molecular flexibility index (Phi) is 5.76. The number of halogens is 2. The minimum atomic E-state index is -0.188. The predicted molar refractivity (Wildman–Crippen MR) is 120 cm³/mol. The van der Waals surface area contributed by atoms with E-state index < -0.39 is 0 Å². The number of rotatable bonds is 4. The highest BCUT2D eigenvalue weighted by Crippen LogP contribution is 2.27. The number of aromatic amines is 1. The Morgan fingerprint density at radius 2 is 2.00 bits per heavy atom. The van der Waals surface area contributed by atoms with Crippen LogP contribution in [-0.2, 0) is 13.0 Å². The van der Waals surface area contributed by atoms with Gasteiger partial charge in [-0.05, 0) is 37.7 Å². The molecule has 10 heteroatoms. The normalized spacial score (nSPS) is 20.3. The minimum Gasteiger partial charge on any atom is -0.351 e. The summed E-state index contributed by atoms with van der Waals surface area (Å²) in [6.45, 7) is 1.81. The molecule has 2 aliphatic rings. The molecule has 158 valence electrons. The van der Waals surface area contributed by atoms with Crippen molar-refractivity contribution < 1.29 is 9.59 Å². The highest BCUT2D eigenvalue weighted by Gasteiger charge is 2.40. The third-order valence-corrected chi connectivity index (χ3v) is 6.68. The lowest BCUT2D eigenvalue weighted by atomic mass is 10.2. The standard InChI is InChI=1S/C20H20ClN5O2S.ClH/c1-26-5-4-13-17(9-26)29-20(25-13)19(28)24-15-8-14(15)23-18(27)16-7-10-6-11(21)2-3-12(10)22-16;/h2-3,6-7,14-15,22H,4-5,8-9H2,1H3,(H,23,27)(H,24,28);1H/t14-,15+;/m0./s1. The van der Waals surface area contributed by atoms with Crippen LogP contribution in [0.1, 0.15) is 37.3 Å². The molecule has 1 aliphatic heterocycles. The van der Waals surface area contributed by atoms with Gasteiger partial charge in [-0.1, -0.05) is 11.6 Å². The van der Waals surface area contributed by atoms with Crippen molar-refractivity contribution in [2.24, 2.45) is 0 Å². The van der Waals surface area contributed by atoms with Crippen LogP contribution in [0.25, 0.3) is 10.9 Å². The van der Waals surface area contributed by atoms with Crippen LogP contribution in [0.3, 0.4) is 0 Å². The number of amides is 2. The maximum absolute atomic E-state index is 12.5. The Labute approximate surface area is 188 Å². The summed E-state index contributed by atoms with van der Waals surface area (Å²) in [5.74, 6) is -0.346. The molecule has 2 amide bonds. The van der Waals surface area contributed by atoms with Crippen molar-refractivity contribution >= 4 is 58.1 Å². The van der Waals surface area contributed by atoms with Gasteiger partial charge in [0.15, 0.2) is 5.01 Å². The molecule has 2 atom stereocenters. The fourth-order valence-corrected chi connectivity index (χ4v) is 4.91. The zero-order valence-corrected chi connectivity index (χ0v) is 18.6. The van der Waals surface area contributed by atoms with Crippen LogP contribution in [0, 0.1) is 0 Å². The van der Waals surface area contributed by atoms with E-state index in [2.05, 4.69) is 32.5 Å². The summed E-state index contributed by atoms with van der Waals surface area (Å²) in [5.41, 5.74) is 2.38. The Morgan fingerprint density at radius 1 is 1.23 bits per heavy atom. The third kappa shape index (κ3) is 4.18. The molecule has 3 heterocycles. The van der Waals surface area contributed by atoms with Gasteiger partial charge in [0.1, 0.15) is 5.69 Å². The molecule has 0 saturated heterocycles. The van der Waals surface area contributed by atoms with Crippen molar-refractivity contribution in [2.75, 3.05) is 13.6 Å². The predicted octanol–water partition coefficient (Wildman–Crippen LogP) is 2.99. The number of hydrogen-bond donors (Lipinski definition) is 3. The maximum Gasteiger partial charge on any atom is 0.280 e. The number of likely N-dealkylation sites (N-methyl/N-ethyl adjacent to an activating group) is 1. The largest absolute Gasteiger partial charge is 0.351 e. The molecule has 0 spiro atoms. The zero-order chi connectivity index (χ0) is 20.1. The Bertz CT molecular complexity index is 1130. The Morgan fingerprint density at radius 3 is 2.80 bits per heavy atom. The van der Waals surface area contributed by atoms with Crippen LogP contribution < -0.4 is 10.6 Å². The minimum absolute atomic E-state index is 0. The number of H-pyrrole nitrogens is 1. The van der Waals surface area contributed by atoms with Gasteiger partial charge in [-0.15, -0.1) is 23.7 Å². The molecule has 0 unspecified atom stereocenters. The molecule has 3 N–H and O–H groups in total. The first kappa shape index (κ1) is 21.1. The molecule has 1 aliphatic carbocycles. The van der Waals surface area contributed by atoms with Crippen molar-refractivity contribution in [3.8, 4) is 0 Å². The van der Waals surface area contributed by atoms with E-state index in [1.165, 1.54) is 16.2 Å².